The number of ether oxygens (including phenoxy) is 1. The molecule has 27 heavy (non-hydrogen) atoms. The Labute approximate surface area is 158 Å². The highest BCUT2D eigenvalue weighted by molar-refractivity contribution is 5.75. The molecule has 2 heterocycles. The van der Waals surface area contributed by atoms with Gasteiger partial charge in [-0.3, -0.25) is 4.98 Å². The van der Waals surface area contributed by atoms with E-state index in [1.807, 2.05) is 50.2 Å². The second-order valence-corrected chi connectivity index (χ2v) is 7.05. The number of morpholine rings is 1. The summed E-state index contributed by atoms with van der Waals surface area (Å²) in [5.41, 5.74) is 3.18. The lowest BCUT2D eigenvalue weighted by Gasteiger charge is -2.37. The minimum absolute atomic E-state index is 0.0981. The average Bonchev–Trinajstić information content (AvgIpc) is 2.65. The van der Waals surface area contributed by atoms with Crippen LogP contribution in [-0.2, 0) is 11.3 Å². The van der Waals surface area contributed by atoms with Crippen molar-refractivity contribution >= 4 is 22.5 Å². The first kappa shape index (κ1) is 17.7. The van der Waals surface area contributed by atoms with Gasteiger partial charge in [0.1, 0.15) is 11.6 Å². The topological polar surface area (TPSA) is 50.3 Å². The molecule has 140 valence electrons. The van der Waals surface area contributed by atoms with Crippen molar-refractivity contribution in [1.82, 2.24) is 9.97 Å². The minimum Gasteiger partial charge on any atom is -0.372 e. The fourth-order valence-corrected chi connectivity index (χ4v) is 3.53. The number of anilines is 2. The highest BCUT2D eigenvalue weighted by Crippen LogP contribution is 2.25. The molecule has 1 N–H and O–H groups in total. The molecule has 1 aromatic heterocycles. The third-order valence-corrected chi connectivity index (χ3v) is 4.69. The van der Waals surface area contributed by atoms with Crippen LogP contribution >= 0.6 is 0 Å². The SMILES string of the molecule is C[C@@H]1CN(c2ccc(CNc3cnc4ccccc4n3)cc2F)C[C@H](C)O1. The van der Waals surface area contributed by atoms with Gasteiger partial charge >= 0.3 is 0 Å². The number of rotatable bonds is 4. The largest absolute Gasteiger partial charge is 0.372 e. The zero-order valence-electron chi connectivity index (χ0n) is 15.5. The first-order valence-electron chi connectivity index (χ1n) is 9.23. The Bertz CT molecular complexity index is 938. The molecular weight excluding hydrogens is 343 g/mol. The molecule has 0 radical (unpaired) electrons. The molecule has 0 unspecified atom stereocenters. The lowest BCUT2D eigenvalue weighted by Crippen LogP contribution is -2.45. The van der Waals surface area contributed by atoms with Crippen molar-refractivity contribution in [2.75, 3.05) is 23.3 Å². The molecule has 4 rings (SSSR count). The molecule has 2 atom stereocenters. The lowest BCUT2D eigenvalue weighted by atomic mass is 10.1. The molecule has 1 fully saturated rings. The van der Waals surface area contributed by atoms with Crippen LogP contribution in [0.2, 0.25) is 0 Å². The average molecular weight is 366 g/mol. The Morgan fingerprint density at radius 1 is 1.11 bits per heavy atom. The first-order chi connectivity index (χ1) is 13.1. The van der Waals surface area contributed by atoms with Gasteiger partial charge in [-0.1, -0.05) is 18.2 Å². The Balaban J connectivity index is 1.45. The van der Waals surface area contributed by atoms with Crippen LogP contribution < -0.4 is 10.2 Å². The maximum absolute atomic E-state index is 14.7. The van der Waals surface area contributed by atoms with Gasteiger partial charge in [0.15, 0.2) is 0 Å². The summed E-state index contributed by atoms with van der Waals surface area (Å²) in [6.07, 6.45) is 1.89. The molecule has 2 aromatic carbocycles. The van der Waals surface area contributed by atoms with Crippen molar-refractivity contribution in [2.45, 2.75) is 32.6 Å². The predicted molar refractivity (Wildman–Crippen MR) is 105 cm³/mol. The van der Waals surface area contributed by atoms with E-state index >= 15 is 0 Å². The number of hydrogen-bond acceptors (Lipinski definition) is 5. The summed E-state index contributed by atoms with van der Waals surface area (Å²) < 4.78 is 20.4. The highest BCUT2D eigenvalue weighted by atomic mass is 19.1. The van der Waals surface area contributed by atoms with Crippen molar-refractivity contribution in [3.8, 4) is 0 Å². The summed E-state index contributed by atoms with van der Waals surface area (Å²) in [4.78, 5) is 11.0. The molecule has 6 heteroatoms. The van der Waals surface area contributed by atoms with E-state index in [1.54, 1.807) is 12.3 Å². The number of aromatic nitrogens is 2. The van der Waals surface area contributed by atoms with E-state index in [0.717, 1.165) is 16.6 Å². The van der Waals surface area contributed by atoms with Gasteiger partial charge in [-0.2, -0.15) is 0 Å². The number of para-hydroxylation sites is 2. The van der Waals surface area contributed by atoms with Gasteiger partial charge in [-0.25, -0.2) is 9.37 Å². The van der Waals surface area contributed by atoms with Crippen LogP contribution in [0.4, 0.5) is 15.9 Å². The second-order valence-electron chi connectivity index (χ2n) is 7.05. The summed E-state index contributed by atoms with van der Waals surface area (Å²) in [6, 6.07) is 13.1. The van der Waals surface area contributed by atoms with Gasteiger partial charge in [0, 0.05) is 19.6 Å². The number of nitrogens with one attached hydrogen (secondary N) is 1. The Hall–Kier alpha value is -2.73. The number of halogens is 1. The Morgan fingerprint density at radius 2 is 1.85 bits per heavy atom. The molecule has 0 aliphatic carbocycles. The van der Waals surface area contributed by atoms with Gasteiger partial charge in [0.2, 0.25) is 0 Å². The summed E-state index contributed by atoms with van der Waals surface area (Å²) in [5.74, 6) is 0.467. The maximum Gasteiger partial charge on any atom is 0.146 e. The summed E-state index contributed by atoms with van der Waals surface area (Å²) >= 11 is 0. The van der Waals surface area contributed by atoms with Crippen molar-refractivity contribution in [2.24, 2.45) is 0 Å². The highest BCUT2D eigenvalue weighted by Gasteiger charge is 2.24. The quantitative estimate of drug-likeness (QED) is 0.756. The van der Waals surface area contributed by atoms with Crippen molar-refractivity contribution < 1.29 is 9.13 Å². The van der Waals surface area contributed by atoms with Gasteiger partial charge < -0.3 is 15.0 Å². The normalized spacial score (nSPS) is 20.0. The fourth-order valence-electron chi connectivity index (χ4n) is 3.53. The van der Waals surface area contributed by atoms with Crippen LogP contribution in [0.1, 0.15) is 19.4 Å². The van der Waals surface area contributed by atoms with Crippen LogP contribution in [0, 0.1) is 5.82 Å². The molecular formula is C21H23FN4O. The van der Waals surface area contributed by atoms with Crippen molar-refractivity contribution in [3.05, 3.63) is 60.0 Å². The zero-order chi connectivity index (χ0) is 18.8. The van der Waals surface area contributed by atoms with E-state index in [9.17, 15) is 4.39 Å². The lowest BCUT2D eigenvalue weighted by molar-refractivity contribution is -0.00539. The standard InChI is InChI=1S/C21H23FN4O/c1-14-12-26(13-15(2)27-14)20-8-7-16(9-17(20)22)10-24-21-11-23-18-5-3-4-6-19(18)25-21/h3-9,11,14-15H,10,12-13H2,1-2H3,(H,24,25)/t14-,15+. The Morgan fingerprint density at radius 3 is 2.59 bits per heavy atom. The first-order valence-corrected chi connectivity index (χ1v) is 9.23. The molecule has 1 aliphatic heterocycles. The van der Waals surface area contributed by atoms with E-state index < -0.39 is 0 Å². The van der Waals surface area contributed by atoms with Gasteiger partial charge in [0.05, 0.1) is 35.1 Å². The Kier molecular flexibility index (Phi) is 4.90. The zero-order valence-corrected chi connectivity index (χ0v) is 15.5. The molecule has 1 saturated heterocycles. The fraction of sp³-hybridized carbons (Fsp3) is 0.333. The smallest absolute Gasteiger partial charge is 0.146 e. The van der Waals surface area contributed by atoms with Crippen molar-refractivity contribution in [3.63, 3.8) is 0 Å². The van der Waals surface area contributed by atoms with Crippen LogP contribution in [0.25, 0.3) is 11.0 Å². The molecule has 0 bridgehead atoms. The monoisotopic (exact) mass is 366 g/mol. The molecule has 0 spiro atoms. The van der Waals surface area contributed by atoms with Crippen LogP contribution in [0.15, 0.2) is 48.7 Å². The molecule has 0 saturated carbocycles. The second kappa shape index (κ2) is 7.48. The molecule has 0 amide bonds. The third-order valence-electron chi connectivity index (χ3n) is 4.69. The number of fused-ring (bicyclic) bond motifs is 1. The summed E-state index contributed by atoms with van der Waals surface area (Å²) in [5, 5.41) is 3.22. The molecule has 5 nitrogen and oxygen atoms in total. The van der Waals surface area contributed by atoms with E-state index in [0.29, 0.717) is 31.1 Å². The van der Waals surface area contributed by atoms with E-state index in [4.69, 9.17) is 4.74 Å². The van der Waals surface area contributed by atoms with Crippen LogP contribution in [0.5, 0.6) is 0 Å². The van der Waals surface area contributed by atoms with E-state index in [1.165, 1.54) is 0 Å². The minimum atomic E-state index is -0.208. The van der Waals surface area contributed by atoms with E-state index in [-0.39, 0.29) is 18.0 Å². The van der Waals surface area contributed by atoms with Crippen molar-refractivity contribution in [1.29, 1.82) is 0 Å². The number of nitrogens with zero attached hydrogens (tertiary/aromatic N) is 3. The van der Waals surface area contributed by atoms with Crippen LogP contribution in [-0.4, -0.2) is 35.3 Å². The van der Waals surface area contributed by atoms with Gasteiger partial charge in [-0.15, -0.1) is 0 Å². The number of benzene rings is 2. The van der Waals surface area contributed by atoms with E-state index in [2.05, 4.69) is 20.2 Å². The maximum atomic E-state index is 14.7. The van der Waals surface area contributed by atoms with Gasteiger partial charge in [0.25, 0.3) is 0 Å². The number of hydrogen-bond donors (Lipinski definition) is 1. The molecule has 1 aliphatic rings. The van der Waals surface area contributed by atoms with Gasteiger partial charge in [-0.05, 0) is 43.7 Å². The third kappa shape index (κ3) is 4.01. The summed E-state index contributed by atoms with van der Waals surface area (Å²) in [7, 11) is 0. The van der Waals surface area contributed by atoms with Crippen LogP contribution in [0.3, 0.4) is 0 Å². The summed E-state index contributed by atoms with van der Waals surface area (Å²) in [6.45, 7) is 5.92. The molecule has 3 aromatic rings. The predicted octanol–water partition coefficient (Wildman–Crippen LogP) is 3.99.